The molecular weight excluding hydrogens is 272 g/mol. The molecule has 0 fully saturated rings. The van der Waals surface area contributed by atoms with Crippen LogP contribution in [0.3, 0.4) is 0 Å². The normalized spacial score (nSPS) is 14.3. The monoisotopic (exact) mass is 294 g/mol. The average molecular weight is 294 g/mol. The Morgan fingerprint density at radius 3 is 2.32 bits per heavy atom. The number of nitrogens with zero attached hydrogens (tertiary/aromatic N) is 2. The number of rotatable bonds is 3. The van der Waals surface area contributed by atoms with Crippen molar-refractivity contribution in [2.45, 2.75) is 32.6 Å². The molecule has 0 saturated heterocycles. The van der Waals surface area contributed by atoms with Crippen LogP contribution >= 0.6 is 0 Å². The Morgan fingerprint density at radius 2 is 1.77 bits per heavy atom. The summed E-state index contributed by atoms with van der Waals surface area (Å²) in [7, 11) is 0. The number of aryl methyl sites for hydroxylation is 1. The van der Waals surface area contributed by atoms with E-state index in [1.165, 1.54) is 16.7 Å². The third kappa shape index (κ3) is 3.35. The summed E-state index contributed by atoms with van der Waals surface area (Å²) in [5, 5.41) is 0. The van der Waals surface area contributed by atoms with Gasteiger partial charge in [0.25, 0.3) is 0 Å². The minimum Gasteiger partial charge on any atom is -0.342 e. The number of hydrogen-bond acceptors (Lipinski definition) is 2. The van der Waals surface area contributed by atoms with Crippen molar-refractivity contribution in [2.24, 2.45) is 0 Å². The van der Waals surface area contributed by atoms with Gasteiger partial charge in [0.1, 0.15) is 0 Å². The molecular formula is C19H22N2O. The fourth-order valence-corrected chi connectivity index (χ4v) is 2.95. The molecule has 3 rings (SSSR count). The van der Waals surface area contributed by atoms with E-state index in [4.69, 9.17) is 0 Å². The molecule has 2 aromatic rings. The molecule has 114 valence electrons. The first kappa shape index (κ1) is 14.8. The second-order valence-electron chi connectivity index (χ2n) is 5.84. The summed E-state index contributed by atoms with van der Waals surface area (Å²) in [6, 6.07) is 12.5. The summed E-state index contributed by atoms with van der Waals surface area (Å²) in [6.07, 6.45) is 5.15. The number of hydrogen-bond donors (Lipinski definition) is 0. The summed E-state index contributed by atoms with van der Waals surface area (Å²) in [6.45, 7) is 3.72. The molecule has 2 heterocycles. The Morgan fingerprint density at radius 1 is 1.09 bits per heavy atom. The van der Waals surface area contributed by atoms with Crippen LogP contribution in [0.4, 0.5) is 0 Å². The van der Waals surface area contributed by atoms with Crippen molar-refractivity contribution >= 4 is 5.91 Å². The largest absolute Gasteiger partial charge is 0.342 e. The van der Waals surface area contributed by atoms with Gasteiger partial charge < -0.3 is 4.90 Å². The van der Waals surface area contributed by atoms with Crippen molar-refractivity contribution in [3.05, 3.63) is 65.0 Å². The lowest BCUT2D eigenvalue weighted by Crippen LogP contribution is -2.34. The van der Waals surface area contributed by atoms with E-state index in [1.54, 1.807) is 0 Å². The molecule has 0 bridgehead atoms. The molecule has 0 saturated carbocycles. The predicted octanol–water partition coefficient (Wildman–Crippen LogP) is 2.81. The topological polar surface area (TPSA) is 33.2 Å². The molecule has 1 aliphatic rings. The zero-order valence-corrected chi connectivity index (χ0v) is 13.1. The van der Waals surface area contributed by atoms with Crippen LogP contribution in [0, 0.1) is 0 Å². The van der Waals surface area contributed by atoms with Crippen LogP contribution in [0.5, 0.6) is 0 Å². The third-order valence-electron chi connectivity index (χ3n) is 4.40. The zero-order chi connectivity index (χ0) is 15.4. The van der Waals surface area contributed by atoms with Crippen LogP contribution < -0.4 is 0 Å². The first-order valence-corrected chi connectivity index (χ1v) is 8.04. The number of carbonyl (C=O) groups is 1. The van der Waals surface area contributed by atoms with E-state index in [-0.39, 0.29) is 5.91 Å². The highest BCUT2D eigenvalue weighted by Gasteiger charge is 2.18. The fourth-order valence-electron chi connectivity index (χ4n) is 2.95. The second-order valence-corrected chi connectivity index (χ2v) is 5.84. The van der Waals surface area contributed by atoms with Crippen LogP contribution in [0.1, 0.15) is 29.3 Å². The zero-order valence-electron chi connectivity index (χ0n) is 13.1. The Hall–Kier alpha value is -2.16. The van der Waals surface area contributed by atoms with Crippen LogP contribution in [-0.2, 0) is 30.5 Å². The number of fused-ring (bicyclic) bond motifs is 1. The van der Waals surface area contributed by atoms with Gasteiger partial charge in [-0.3, -0.25) is 9.78 Å². The SMILES string of the molecule is CCc1ccc(CC(=O)N2CCc3ccccc3CC2)nc1. The van der Waals surface area contributed by atoms with E-state index in [2.05, 4.69) is 42.2 Å². The maximum atomic E-state index is 12.5. The average Bonchev–Trinajstić information content (AvgIpc) is 2.78. The molecule has 1 aromatic carbocycles. The van der Waals surface area contributed by atoms with Gasteiger partial charge in [-0.05, 0) is 42.0 Å². The van der Waals surface area contributed by atoms with E-state index in [0.717, 1.165) is 38.0 Å². The Kier molecular flexibility index (Phi) is 4.52. The van der Waals surface area contributed by atoms with E-state index >= 15 is 0 Å². The quantitative estimate of drug-likeness (QED) is 0.872. The lowest BCUT2D eigenvalue weighted by Gasteiger charge is -2.20. The van der Waals surface area contributed by atoms with Crippen molar-refractivity contribution in [1.82, 2.24) is 9.88 Å². The minimum atomic E-state index is 0.185. The van der Waals surface area contributed by atoms with E-state index < -0.39 is 0 Å². The molecule has 0 atom stereocenters. The molecule has 1 aliphatic heterocycles. The van der Waals surface area contributed by atoms with Gasteiger partial charge in [-0.2, -0.15) is 0 Å². The highest BCUT2D eigenvalue weighted by Crippen LogP contribution is 2.16. The van der Waals surface area contributed by atoms with Crippen molar-refractivity contribution in [3.63, 3.8) is 0 Å². The van der Waals surface area contributed by atoms with E-state index in [0.29, 0.717) is 6.42 Å². The number of aromatic nitrogens is 1. The lowest BCUT2D eigenvalue weighted by atomic mass is 10.0. The Bertz CT molecular complexity index is 622. The van der Waals surface area contributed by atoms with Crippen molar-refractivity contribution in [2.75, 3.05) is 13.1 Å². The molecule has 3 nitrogen and oxygen atoms in total. The molecule has 0 unspecified atom stereocenters. The third-order valence-corrected chi connectivity index (χ3v) is 4.40. The Balaban J connectivity index is 1.63. The van der Waals surface area contributed by atoms with E-state index in [1.807, 2.05) is 17.2 Å². The van der Waals surface area contributed by atoms with Crippen LogP contribution in [0.25, 0.3) is 0 Å². The van der Waals surface area contributed by atoms with Gasteiger partial charge in [-0.1, -0.05) is 37.3 Å². The van der Waals surface area contributed by atoms with Gasteiger partial charge in [0, 0.05) is 25.0 Å². The molecule has 3 heteroatoms. The predicted molar refractivity (Wildman–Crippen MR) is 87.7 cm³/mol. The van der Waals surface area contributed by atoms with E-state index in [9.17, 15) is 4.79 Å². The van der Waals surface area contributed by atoms with Gasteiger partial charge in [-0.15, -0.1) is 0 Å². The molecule has 0 aliphatic carbocycles. The summed E-state index contributed by atoms with van der Waals surface area (Å²) >= 11 is 0. The standard InChI is InChI=1S/C19H22N2O/c1-2-15-7-8-18(20-14-15)13-19(22)21-11-9-16-5-3-4-6-17(16)10-12-21/h3-8,14H,2,9-13H2,1H3. The first-order chi connectivity index (χ1) is 10.8. The van der Waals surface area contributed by atoms with Crippen molar-refractivity contribution in [3.8, 4) is 0 Å². The molecule has 0 N–H and O–H groups in total. The number of carbonyl (C=O) groups excluding carboxylic acids is 1. The highest BCUT2D eigenvalue weighted by molar-refractivity contribution is 5.78. The minimum absolute atomic E-state index is 0.185. The van der Waals surface area contributed by atoms with Crippen molar-refractivity contribution < 1.29 is 4.79 Å². The van der Waals surface area contributed by atoms with Gasteiger partial charge in [0.15, 0.2) is 0 Å². The maximum Gasteiger partial charge on any atom is 0.228 e. The Labute approximate surface area is 132 Å². The summed E-state index contributed by atoms with van der Waals surface area (Å²) < 4.78 is 0. The van der Waals surface area contributed by atoms with Gasteiger partial charge in [0.05, 0.1) is 6.42 Å². The second kappa shape index (κ2) is 6.73. The molecule has 1 aromatic heterocycles. The van der Waals surface area contributed by atoms with Crippen LogP contribution in [0.15, 0.2) is 42.6 Å². The summed E-state index contributed by atoms with van der Waals surface area (Å²) in [5.74, 6) is 0.185. The van der Waals surface area contributed by atoms with Crippen LogP contribution in [0.2, 0.25) is 0 Å². The number of amides is 1. The molecule has 0 radical (unpaired) electrons. The first-order valence-electron chi connectivity index (χ1n) is 8.04. The molecule has 0 spiro atoms. The fraction of sp³-hybridized carbons (Fsp3) is 0.368. The van der Waals surface area contributed by atoms with Crippen molar-refractivity contribution in [1.29, 1.82) is 0 Å². The summed E-state index contributed by atoms with van der Waals surface area (Å²) in [5.41, 5.74) is 4.83. The highest BCUT2D eigenvalue weighted by atomic mass is 16.2. The molecule has 22 heavy (non-hydrogen) atoms. The number of pyridine rings is 1. The molecule has 1 amide bonds. The smallest absolute Gasteiger partial charge is 0.228 e. The number of benzene rings is 1. The van der Waals surface area contributed by atoms with Gasteiger partial charge >= 0.3 is 0 Å². The van der Waals surface area contributed by atoms with Crippen LogP contribution in [-0.4, -0.2) is 28.9 Å². The van der Waals surface area contributed by atoms with Gasteiger partial charge in [0.2, 0.25) is 5.91 Å². The summed E-state index contributed by atoms with van der Waals surface area (Å²) in [4.78, 5) is 18.9. The lowest BCUT2D eigenvalue weighted by molar-refractivity contribution is -0.130. The maximum absolute atomic E-state index is 12.5. The van der Waals surface area contributed by atoms with Gasteiger partial charge in [-0.25, -0.2) is 0 Å².